The molecule has 0 aliphatic heterocycles. The number of thiophene rings is 1. The predicted octanol–water partition coefficient (Wildman–Crippen LogP) is 4.58. The van der Waals surface area contributed by atoms with Crippen molar-refractivity contribution in [2.75, 3.05) is 0 Å². The molecule has 2 aromatic rings. The quantitative estimate of drug-likeness (QED) is 0.858. The highest BCUT2D eigenvalue weighted by molar-refractivity contribution is 7.10. The van der Waals surface area contributed by atoms with Gasteiger partial charge in [0, 0.05) is 10.6 Å². The van der Waals surface area contributed by atoms with Crippen LogP contribution in [0.1, 0.15) is 22.1 Å². The van der Waals surface area contributed by atoms with E-state index in [-0.39, 0.29) is 5.56 Å². The fourth-order valence-corrected chi connectivity index (χ4v) is 2.96. The number of aliphatic hydroxyl groups is 1. The van der Waals surface area contributed by atoms with Gasteiger partial charge in [-0.2, -0.15) is 0 Å². The van der Waals surface area contributed by atoms with E-state index in [1.807, 2.05) is 12.3 Å². The first-order chi connectivity index (χ1) is 8.00. The van der Waals surface area contributed by atoms with Crippen LogP contribution in [0.15, 0.2) is 23.6 Å². The van der Waals surface area contributed by atoms with Crippen molar-refractivity contribution in [3.05, 3.63) is 55.4 Å². The van der Waals surface area contributed by atoms with Gasteiger partial charge in [-0.05, 0) is 30.0 Å². The van der Waals surface area contributed by atoms with Gasteiger partial charge in [0.15, 0.2) is 0 Å². The topological polar surface area (TPSA) is 20.2 Å². The van der Waals surface area contributed by atoms with Crippen LogP contribution < -0.4 is 0 Å². The fourth-order valence-electron chi connectivity index (χ4n) is 1.50. The van der Waals surface area contributed by atoms with Gasteiger partial charge in [-0.15, -0.1) is 11.3 Å². The summed E-state index contributed by atoms with van der Waals surface area (Å²) in [5.74, 6) is -0.535. The Kier molecular flexibility index (Phi) is 3.73. The SMILES string of the molecule is Cc1csc(C(O)c2ccc(Cl)cc2F)c1Cl. The van der Waals surface area contributed by atoms with Crippen molar-refractivity contribution in [1.82, 2.24) is 0 Å². The minimum atomic E-state index is -1.06. The highest BCUT2D eigenvalue weighted by Gasteiger charge is 2.20. The number of hydrogen-bond acceptors (Lipinski definition) is 2. The van der Waals surface area contributed by atoms with Gasteiger partial charge in [0.25, 0.3) is 0 Å². The Bertz CT molecular complexity index is 553. The average Bonchev–Trinajstić information content (AvgIpc) is 2.59. The van der Waals surface area contributed by atoms with Gasteiger partial charge in [0.1, 0.15) is 11.9 Å². The molecule has 90 valence electrons. The van der Waals surface area contributed by atoms with Gasteiger partial charge in [-0.25, -0.2) is 4.39 Å². The van der Waals surface area contributed by atoms with E-state index in [2.05, 4.69) is 0 Å². The lowest BCUT2D eigenvalue weighted by atomic mass is 10.1. The van der Waals surface area contributed by atoms with Crippen molar-refractivity contribution in [2.24, 2.45) is 0 Å². The summed E-state index contributed by atoms with van der Waals surface area (Å²) in [6.45, 7) is 1.84. The van der Waals surface area contributed by atoms with Crippen molar-refractivity contribution >= 4 is 34.5 Å². The molecule has 0 saturated heterocycles. The molecule has 5 heteroatoms. The molecule has 0 bridgehead atoms. The first-order valence-corrected chi connectivity index (χ1v) is 6.50. The monoisotopic (exact) mass is 290 g/mol. The normalized spacial score (nSPS) is 12.8. The Hall–Kier alpha value is -0.610. The lowest BCUT2D eigenvalue weighted by molar-refractivity contribution is 0.219. The summed E-state index contributed by atoms with van der Waals surface area (Å²) < 4.78 is 13.6. The van der Waals surface area contributed by atoms with Crippen LogP contribution in [-0.2, 0) is 0 Å². The zero-order chi connectivity index (χ0) is 12.6. The number of aliphatic hydroxyl groups excluding tert-OH is 1. The molecule has 1 N–H and O–H groups in total. The van der Waals surface area contributed by atoms with E-state index in [4.69, 9.17) is 23.2 Å². The van der Waals surface area contributed by atoms with E-state index in [9.17, 15) is 9.50 Å². The third-order valence-electron chi connectivity index (χ3n) is 2.43. The van der Waals surface area contributed by atoms with Gasteiger partial charge in [-0.1, -0.05) is 29.3 Å². The van der Waals surface area contributed by atoms with Crippen molar-refractivity contribution < 1.29 is 9.50 Å². The standard InChI is InChI=1S/C12H9Cl2FOS/c1-6-5-17-12(10(6)14)11(16)8-3-2-7(13)4-9(8)15/h2-5,11,16H,1H3. The van der Waals surface area contributed by atoms with E-state index in [1.165, 1.54) is 29.5 Å². The smallest absolute Gasteiger partial charge is 0.130 e. The summed E-state index contributed by atoms with van der Waals surface area (Å²) in [6, 6.07) is 4.18. The van der Waals surface area contributed by atoms with Crippen LogP contribution in [0.25, 0.3) is 0 Å². The Labute approximate surface area is 112 Å². The minimum absolute atomic E-state index is 0.179. The van der Waals surface area contributed by atoms with Crippen LogP contribution >= 0.6 is 34.5 Å². The highest BCUT2D eigenvalue weighted by Crippen LogP contribution is 2.36. The summed E-state index contributed by atoms with van der Waals surface area (Å²) in [5, 5.41) is 12.7. The molecule has 1 heterocycles. The van der Waals surface area contributed by atoms with Gasteiger partial charge in [0.2, 0.25) is 0 Å². The van der Waals surface area contributed by atoms with Crippen molar-refractivity contribution in [1.29, 1.82) is 0 Å². The molecule has 1 aromatic heterocycles. The number of rotatable bonds is 2. The molecule has 1 atom stereocenters. The lowest BCUT2D eigenvalue weighted by Crippen LogP contribution is -2.01. The van der Waals surface area contributed by atoms with Crippen LogP contribution in [-0.4, -0.2) is 5.11 Å². The maximum absolute atomic E-state index is 13.6. The van der Waals surface area contributed by atoms with Crippen LogP contribution in [0, 0.1) is 12.7 Å². The van der Waals surface area contributed by atoms with E-state index < -0.39 is 11.9 Å². The summed E-state index contributed by atoms with van der Waals surface area (Å²) in [6.07, 6.45) is -1.06. The Morgan fingerprint density at radius 3 is 2.59 bits per heavy atom. The maximum Gasteiger partial charge on any atom is 0.130 e. The molecule has 1 aromatic carbocycles. The van der Waals surface area contributed by atoms with Gasteiger partial charge < -0.3 is 5.11 Å². The van der Waals surface area contributed by atoms with Gasteiger partial charge >= 0.3 is 0 Å². The molecule has 0 spiro atoms. The van der Waals surface area contributed by atoms with Gasteiger partial charge in [-0.3, -0.25) is 0 Å². The number of aryl methyl sites for hydroxylation is 1. The number of hydrogen-bond donors (Lipinski definition) is 1. The summed E-state index contributed by atoms with van der Waals surface area (Å²) >= 11 is 13.0. The zero-order valence-corrected chi connectivity index (χ0v) is 11.2. The average molecular weight is 291 g/mol. The highest BCUT2D eigenvalue weighted by atomic mass is 35.5. The molecule has 0 aliphatic rings. The van der Waals surface area contributed by atoms with E-state index in [0.29, 0.717) is 14.9 Å². The maximum atomic E-state index is 13.6. The lowest BCUT2D eigenvalue weighted by Gasteiger charge is -2.11. The minimum Gasteiger partial charge on any atom is -0.383 e. The molecule has 1 nitrogen and oxygen atoms in total. The Morgan fingerprint density at radius 2 is 2.06 bits per heavy atom. The molecular weight excluding hydrogens is 282 g/mol. The van der Waals surface area contributed by atoms with E-state index in [1.54, 1.807) is 0 Å². The molecule has 2 rings (SSSR count). The van der Waals surface area contributed by atoms with Crippen LogP contribution in [0.3, 0.4) is 0 Å². The Morgan fingerprint density at radius 1 is 1.35 bits per heavy atom. The van der Waals surface area contributed by atoms with Crippen LogP contribution in [0.4, 0.5) is 4.39 Å². The molecule has 0 amide bonds. The number of halogens is 3. The predicted molar refractivity (Wildman–Crippen MR) is 69.5 cm³/mol. The Balaban J connectivity index is 2.43. The van der Waals surface area contributed by atoms with Crippen molar-refractivity contribution in [3.63, 3.8) is 0 Å². The van der Waals surface area contributed by atoms with E-state index >= 15 is 0 Å². The first kappa shape index (κ1) is 12.8. The fraction of sp³-hybridized carbons (Fsp3) is 0.167. The molecule has 17 heavy (non-hydrogen) atoms. The molecule has 0 saturated carbocycles. The molecule has 0 aliphatic carbocycles. The summed E-state index contributed by atoms with van der Waals surface area (Å²) in [5.41, 5.74) is 1.05. The van der Waals surface area contributed by atoms with Gasteiger partial charge in [0.05, 0.1) is 9.90 Å². The van der Waals surface area contributed by atoms with Crippen molar-refractivity contribution in [2.45, 2.75) is 13.0 Å². The second kappa shape index (κ2) is 4.94. The third kappa shape index (κ3) is 2.47. The molecule has 1 unspecified atom stereocenters. The second-order valence-electron chi connectivity index (χ2n) is 3.67. The van der Waals surface area contributed by atoms with Crippen molar-refractivity contribution in [3.8, 4) is 0 Å². The molecule has 0 fully saturated rings. The largest absolute Gasteiger partial charge is 0.383 e. The zero-order valence-electron chi connectivity index (χ0n) is 8.88. The summed E-state index contributed by atoms with van der Waals surface area (Å²) in [4.78, 5) is 0.547. The van der Waals surface area contributed by atoms with Crippen LogP contribution in [0.2, 0.25) is 10.0 Å². The molecular formula is C12H9Cl2FOS. The van der Waals surface area contributed by atoms with Crippen LogP contribution in [0.5, 0.6) is 0 Å². The first-order valence-electron chi connectivity index (χ1n) is 4.87. The molecule has 0 radical (unpaired) electrons. The second-order valence-corrected chi connectivity index (χ2v) is 5.39. The number of benzene rings is 1. The third-order valence-corrected chi connectivity index (χ3v) is 4.43. The summed E-state index contributed by atoms with van der Waals surface area (Å²) in [7, 11) is 0. The van der Waals surface area contributed by atoms with E-state index in [0.717, 1.165) is 5.56 Å².